The lowest BCUT2D eigenvalue weighted by Crippen LogP contribution is -2.53. The van der Waals surface area contributed by atoms with Crippen molar-refractivity contribution in [2.24, 2.45) is 7.05 Å². The summed E-state index contributed by atoms with van der Waals surface area (Å²) in [6.45, 7) is 3.84. The molecule has 2 atom stereocenters. The first-order chi connectivity index (χ1) is 23.7. The van der Waals surface area contributed by atoms with Crippen LogP contribution >= 0.6 is 11.6 Å². The molecule has 250 valence electrons. The summed E-state index contributed by atoms with van der Waals surface area (Å²) in [7, 11) is 3.32. The quantitative estimate of drug-likeness (QED) is 0.210. The molecule has 10 nitrogen and oxygen atoms in total. The van der Waals surface area contributed by atoms with Gasteiger partial charge in [-0.1, -0.05) is 41.9 Å². The standard InChI is InChI=1S/C38H38ClN7O3/c1-22-25(7-5-10-28(22)42-35-33-24(14-17-40-35)20-41-45(2)37(33)48)26-8-4-9-27(34(26)39)29-19-23-12-13-30(32(23)36(43-29)49-3)46-18-16-38(21-46)15-6-11-31(47)44-38/h4-5,7-10,14,17,19-20,30H,6,11-13,15-16,18,21H2,1-3H3,(H,40,42)(H,44,47)/t30-,38+/m0/s1. The molecule has 5 aromatic rings. The molecule has 1 amide bonds. The van der Waals surface area contributed by atoms with E-state index in [1.165, 1.54) is 10.2 Å². The summed E-state index contributed by atoms with van der Waals surface area (Å²) in [6, 6.07) is 16.2. The smallest absolute Gasteiger partial charge is 0.278 e. The zero-order valence-corrected chi connectivity index (χ0v) is 28.6. The number of carbonyl (C=O) groups is 1. The maximum absolute atomic E-state index is 13.0. The maximum Gasteiger partial charge on any atom is 0.278 e. The molecular formula is C38H38ClN7O3. The van der Waals surface area contributed by atoms with Gasteiger partial charge < -0.3 is 15.4 Å². The number of fused-ring (bicyclic) bond motifs is 2. The average molecular weight is 676 g/mol. The third kappa shape index (κ3) is 5.43. The summed E-state index contributed by atoms with van der Waals surface area (Å²) < 4.78 is 7.27. The molecular weight excluding hydrogens is 638 g/mol. The van der Waals surface area contributed by atoms with E-state index in [2.05, 4.69) is 31.7 Å². The number of likely N-dealkylation sites (tertiary alicyclic amines) is 1. The number of rotatable bonds is 6. The second-order valence-corrected chi connectivity index (χ2v) is 13.9. The van der Waals surface area contributed by atoms with Crippen molar-refractivity contribution in [1.82, 2.24) is 30.0 Å². The Morgan fingerprint density at radius 2 is 1.88 bits per heavy atom. The molecule has 3 aliphatic rings. The predicted octanol–water partition coefficient (Wildman–Crippen LogP) is 6.50. The summed E-state index contributed by atoms with van der Waals surface area (Å²) >= 11 is 7.24. The Bertz CT molecular complexity index is 2200. The minimum atomic E-state index is -0.219. The molecule has 1 spiro atoms. The highest BCUT2D eigenvalue weighted by Gasteiger charge is 2.45. The zero-order valence-electron chi connectivity index (χ0n) is 27.8. The number of hydrogen-bond donors (Lipinski definition) is 2. The van der Waals surface area contributed by atoms with Crippen molar-refractivity contribution in [2.75, 3.05) is 25.5 Å². The van der Waals surface area contributed by atoms with Gasteiger partial charge in [0.1, 0.15) is 5.82 Å². The van der Waals surface area contributed by atoms with Gasteiger partial charge >= 0.3 is 0 Å². The number of hydrogen-bond acceptors (Lipinski definition) is 8. The lowest BCUT2D eigenvalue weighted by Gasteiger charge is -2.35. The van der Waals surface area contributed by atoms with Gasteiger partial charge in [0.05, 0.1) is 34.9 Å². The fourth-order valence-electron chi connectivity index (χ4n) is 8.12. The van der Waals surface area contributed by atoms with Crippen molar-refractivity contribution >= 4 is 39.8 Å². The topological polar surface area (TPSA) is 114 Å². The Morgan fingerprint density at radius 1 is 1.06 bits per heavy atom. The van der Waals surface area contributed by atoms with E-state index in [1.54, 1.807) is 32.6 Å². The fraction of sp³-hybridized carbons (Fsp3) is 0.342. The summed E-state index contributed by atoms with van der Waals surface area (Å²) in [6.07, 6.45) is 8.84. The normalized spacial score (nSPS) is 20.5. The van der Waals surface area contributed by atoms with Crippen LogP contribution in [-0.2, 0) is 18.3 Å². The first-order valence-electron chi connectivity index (χ1n) is 16.8. The monoisotopic (exact) mass is 675 g/mol. The van der Waals surface area contributed by atoms with Crippen LogP contribution in [0.1, 0.15) is 54.8 Å². The van der Waals surface area contributed by atoms with Crippen LogP contribution in [0.3, 0.4) is 0 Å². The largest absolute Gasteiger partial charge is 0.481 e. The molecule has 2 fully saturated rings. The van der Waals surface area contributed by atoms with Crippen LogP contribution in [-0.4, -0.2) is 56.3 Å². The van der Waals surface area contributed by atoms with Crippen LogP contribution in [0.2, 0.25) is 5.02 Å². The van der Waals surface area contributed by atoms with E-state index in [0.29, 0.717) is 28.5 Å². The van der Waals surface area contributed by atoms with Crippen molar-refractivity contribution in [3.63, 3.8) is 0 Å². The van der Waals surface area contributed by atoms with Gasteiger partial charge in [-0.2, -0.15) is 5.10 Å². The van der Waals surface area contributed by atoms with Gasteiger partial charge in [-0.15, -0.1) is 0 Å². The lowest BCUT2D eigenvalue weighted by atomic mass is 9.88. The first-order valence-corrected chi connectivity index (χ1v) is 17.2. The van der Waals surface area contributed by atoms with Crippen LogP contribution < -0.4 is 20.9 Å². The highest BCUT2D eigenvalue weighted by Crippen LogP contribution is 2.47. The maximum atomic E-state index is 13.0. The minimum absolute atomic E-state index is 0.114. The number of pyridine rings is 2. The number of anilines is 2. The van der Waals surface area contributed by atoms with Crippen molar-refractivity contribution < 1.29 is 9.53 Å². The molecule has 0 saturated carbocycles. The Morgan fingerprint density at radius 3 is 2.71 bits per heavy atom. The van der Waals surface area contributed by atoms with Crippen LogP contribution in [0.25, 0.3) is 33.2 Å². The van der Waals surface area contributed by atoms with Crippen LogP contribution in [0.4, 0.5) is 11.5 Å². The Kier molecular flexibility index (Phi) is 7.88. The van der Waals surface area contributed by atoms with E-state index in [4.69, 9.17) is 21.3 Å². The fourth-order valence-corrected chi connectivity index (χ4v) is 8.45. The number of methoxy groups -OCH3 is 1. The van der Waals surface area contributed by atoms with E-state index in [9.17, 15) is 9.59 Å². The molecule has 2 N–H and O–H groups in total. The van der Waals surface area contributed by atoms with Gasteiger partial charge in [0.15, 0.2) is 0 Å². The average Bonchev–Trinajstić information content (AvgIpc) is 3.71. The molecule has 5 heterocycles. The number of halogens is 1. The summed E-state index contributed by atoms with van der Waals surface area (Å²) in [5, 5.41) is 12.7. The molecule has 0 radical (unpaired) electrons. The van der Waals surface area contributed by atoms with Gasteiger partial charge in [-0.05, 0) is 73.9 Å². The highest BCUT2D eigenvalue weighted by atomic mass is 35.5. The van der Waals surface area contributed by atoms with Crippen molar-refractivity contribution in [1.29, 1.82) is 0 Å². The number of benzene rings is 2. The molecule has 0 bridgehead atoms. The molecule has 3 aromatic heterocycles. The molecule has 2 aromatic carbocycles. The van der Waals surface area contributed by atoms with Crippen LogP contribution in [0.5, 0.6) is 5.88 Å². The van der Waals surface area contributed by atoms with Crippen molar-refractivity contribution in [2.45, 2.75) is 57.0 Å². The van der Waals surface area contributed by atoms with Gasteiger partial charge in [-0.3, -0.25) is 14.5 Å². The Hall–Kier alpha value is -4.80. The molecule has 1 aliphatic carbocycles. The predicted molar refractivity (Wildman–Crippen MR) is 191 cm³/mol. The van der Waals surface area contributed by atoms with E-state index < -0.39 is 0 Å². The number of piperidine rings is 1. The summed E-state index contributed by atoms with van der Waals surface area (Å²) in [5.74, 6) is 1.28. The molecule has 2 aliphatic heterocycles. The van der Waals surface area contributed by atoms with Crippen molar-refractivity contribution in [3.05, 3.63) is 93.0 Å². The SMILES string of the molecule is COc1nc(-c2cccc(-c3cccc(Nc4nccc5cnn(C)c(=O)c45)c3C)c2Cl)cc2c1[C@@H](N1CC[C@]3(CCCC(=O)N3)C1)CC2. The molecule has 8 rings (SSSR count). The number of amides is 1. The third-order valence-electron chi connectivity index (χ3n) is 10.6. The van der Waals surface area contributed by atoms with Gasteiger partial charge in [-0.25, -0.2) is 14.6 Å². The van der Waals surface area contributed by atoms with Gasteiger partial charge in [0.2, 0.25) is 11.8 Å². The number of aryl methyl sites for hydroxylation is 2. The molecule has 0 unspecified atom stereocenters. The lowest BCUT2D eigenvalue weighted by molar-refractivity contribution is -0.125. The second-order valence-electron chi connectivity index (χ2n) is 13.5. The van der Waals surface area contributed by atoms with E-state index in [1.807, 2.05) is 43.3 Å². The number of ether oxygens (including phenoxy) is 1. The zero-order chi connectivity index (χ0) is 33.9. The van der Waals surface area contributed by atoms with Crippen LogP contribution in [0, 0.1) is 6.92 Å². The molecule has 11 heteroatoms. The second kappa shape index (κ2) is 12.3. The van der Waals surface area contributed by atoms with Crippen LogP contribution in [0.15, 0.2) is 65.7 Å². The van der Waals surface area contributed by atoms with Gasteiger partial charge in [0, 0.05) is 66.6 Å². The Balaban J connectivity index is 1.11. The molecule has 2 saturated heterocycles. The van der Waals surface area contributed by atoms with Gasteiger partial charge in [0.25, 0.3) is 5.56 Å². The molecule has 49 heavy (non-hydrogen) atoms. The van der Waals surface area contributed by atoms with E-state index in [-0.39, 0.29) is 23.0 Å². The van der Waals surface area contributed by atoms with E-state index in [0.717, 1.165) is 89.8 Å². The summed E-state index contributed by atoms with van der Waals surface area (Å²) in [4.78, 5) is 37.3. The number of nitrogens with zero attached hydrogens (tertiary/aromatic N) is 5. The Labute approximate surface area is 289 Å². The number of nitrogens with one attached hydrogen (secondary N) is 2. The van der Waals surface area contributed by atoms with E-state index >= 15 is 0 Å². The first kappa shape index (κ1) is 31.5. The van der Waals surface area contributed by atoms with Crippen molar-refractivity contribution in [3.8, 4) is 28.3 Å². The number of aromatic nitrogens is 4. The minimum Gasteiger partial charge on any atom is -0.481 e. The highest BCUT2D eigenvalue weighted by molar-refractivity contribution is 6.36. The summed E-state index contributed by atoms with van der Waals surface area (Å²) in [5.41, 5.74) is 7.27. The third-order valence-corrected chi connectivity index (χ3v) is 11.0. The number of carbonyl (C=O) groups excluding carboxylic acids is 1.